The number of nitrogens with one attached hydrogen (secondary N) is 2. The van der Waals surface area contributed by atoms with Crippen molar-refractivity contribution in [3.63, 3.8) is 0 Å². The molecule has 0 aliphatic rings. The summed E-state index contributed by atoms with van der Waals surface area (Å²) in [6.45, 7) is 5.88. The molecular formula is C24H21ClFN7O. The van der Waals surface area contributed by atoms with Gasteiger partial charge in [0.15, 0.2) is 11.5 Å². The number of rotatable bonds is 5. The van der Waals surface area contributed by atoms with Crippen LogP contribution in [0.3, 0.4) is 0 Å². The van der Waals surface area contributed by atoms with Crippen molar-refractivity contribution in [2.24, 2.45) is 0 Å². The molecule has 3 heterocycles. The fourth-order valence-corrected chi connectivity index (χ4v) is 4.30. The van der Waals surface area contributed by atoms with Crippen LogP contribution < -0.4 is 10.9 Å². The molecule has 5 rings (SSSR count). The maximum absolute atomic E-state index is 14.3. The van der Waals surface area contributed by atoms with E-state index in [1.807, 2.05) is 39.0 Å². The number of hydrogen-bond donors (Lipinski definition) is 2. The van der Waals surface area contributed by atoms with E-state index in [0.717, 1.165) is 11.1 Å². The number of H-pyrrole nitrogens is 1. The second-order valence-electron chi connectivity index (χ2n) is 8.01. The molecular weight excluding hydrogens is 457 g/mol. The molecule has 3 aromatic heterocycles. The van der Waals surface area contributed by atoms with E-state index < -0.39 is 17.4 Å². The van der Waals surface area contributed by atoms with E-state index in [9.17, 15) is 9.18 Å². The Balaban J connectivity index is 1.79. The smallest absolute Gasteiger partial charge is 0.267 e. The molecule has 0 radical (unpaired) electrons. The third-order valence-electron chi connectivity index (χ3n) is 6.02. The zero-order chi connectivity index (χ0) is 24.0. The van der Waals surface area contributed by atoms with Gasteiger partial charge in [0.25, 0.3) is 5.56 Å². The van der Waals surface area contributed by atoms with Crippen molar-refractivity contribution in [3.05, 3.63) is 81.1 Å². The third-order valence-corrected chi connectivity index (χ3v) is 6.39. The van der Waals surface area contributed by atoms with Gasteiger partial charge in [-0.15, -0.1) is 0 Å². The van der Waals surface area contributed by atoms with Crippen LogP contribution in [0.25, 0.3) is 27.8 Å². The van der Waals surface area contributed by atoms with Crippen LogP contribution in [-0.4, -0.2) is 29.5 Å². The Morgan fingerprint density at radius 2 is 2.00 bits per heavy atom. The van der Waals surface area contributed by atoms with Crippen LogP contribution in [0.5, 0.6) is 0 Å². The number of fused-ring (bicyclic) bond motifs is 2. The number of aryl methyl sites for hydroxylation is 1. The SMILES string of the molecule is CC[C@H](Nc1ncnc2[nH]cnc12)c1nc2ccc(F)c(Cl)c2c(=O)n1-c1cccc(C)c1C. The molecule has 10 heteroatoms. The molecule has 0 saturated heterocycles. The average Bonchev–Trinajstić information content (AvgIpc) is 3.31. The lowest BCUT2D eigenvalue weighted by atomic mass is 10.1. The fraction of sp³-hybridized carbons (Fsp3) is 0.208. The number of aromatic amines is 1. The van der Waals surface area contributed by atoms with Gasteiger partial charge in [-0.25, -0.2) is 24.3 Å². The molecule has 34 heavy (non-hydrogen) atoms. The maximum atomic E-state index is 14.3. The predicted molar refractivity (Wildman–Crippen MR) is 130 cm³/mol. The second kappa shape index (κ2) is 8.49. The van der Waals surface area contributed by atoms with E-state index in [1.54, 1.807) is 6.33 Å². The summed E-state index contributed by atoms with van der Waals surface area (Å²) >= 11 is 6.24. The van der Waals surface area contributed by atoms with E-state index >= 15 is 0 Å². The zero-order valence-corrected chi connectivity index (χ0v) is 19.5. The first kappa shape index (κ1) is 22.0. The van der Waals surface area contributed by atoms with Gasteiger partial charge in [-0.05, 0) is 49.6 Å². The highest BCUT2D eigenvalue weighted by atomic mass is 35.5. The summed E-state index contributed by atoms with van der Waals surface area (Å²) in [5.74, 6) is 0.302. The van der Waals surface area contributed by atoms with Gasteiger partial charge in [0.05, 0.1) is 34.0 Å². The molecule has 2 N–H and O–H groups in total. The molecule has 0 bridgehead atoms. The lowest BCUT2D eigenvalue weighted by Crippen LogP contribution is -2.29. The number of hydrogen-bond acceptors (Lipinski definition) is 6. The van der Waals surface area contributed by atoms with Gasteiger partial charge in [0.1, 0.15) is 23.5 Å². The van der Waals surface area contributed by atoms with Gasteiger partial charge < -0.3 is 10.3 Å². The van der Waals surface area contributed by atoms with Crippen LogP contribution in [0, 0.1) is 19.7 Å². The number of aromatic nitrogens is 6. The van der Waals surface area contributed by atoms with Crippen LogP contribution in [0.4, 0.5) is 10.2 Å². The molecule has 0 spiro atoms. The van der Waals surface area contributed by atoms with Gasteiger partial charge in [0, 0.05) is 0 Å². The summed E-state index contributed by atoms with van der Waals surface area (Å²) in [4.78, 5) is 34.4. The maximum Gasteiger partial charge on any atom is 0.267 e. The summed E-state index contributed by atoms with van der Waals surface area (Å²) in [6.07, 6.45) is 3.56. The largest absolute Gasteiger partial charge is 0.358 e. The number of benzene rings is 2. The first-order chi connectivity index (χ1) is 16.4. The summed E-state index contributed by atoms with van der Waals surface area (Å²) in [5.41, 5.74) is 3.62. The average molecular weight is 478 g/mol. The topological polar surface area (TPSA) is 101 Å². The van der Waals surface area contributed by atoms with Gasteiger partial charge in [0.2, 0.25) is 0 Å². The Morgan fingerprint density at radius 3 is 2.79 bits per heavy atom. The van der Waals surface area contributed by atoms with Crippen molar-refractivity contribution in [2.45, 2.75) is 33.2 Å². The third kappa shape index (κ3) is 3.49. The molecule has 0 fully saturated rings. The Hall–Kier alpha value is -3.85. The summed E-state index contributed by atoms with van der Waals surface area (Å²) in [5, 5.41) is 3.17. The van der Waals surface area contributed by atoms with Crippen molar-refractivity contribution in [1.82, 2.24) is 29.5 Å². The zero-order valence-electron chi connectivity index (χ0n) is 18.7. The Kier molecular flexibility index (Phi) is 5.49. The first-order valence-electron chi connectivity index (χ1n) is 10.8. The standard InChI is InChI=1S/C24H21ClFN7O/c1-4-15(31-22-20-21(28-10-27-20)29-11-30-22)23-32-16-9-8-14(26)19(25)18(16)24(34)33(23)17-7-5-6-12(2)13(17)3/h5-11,15H,4H2,1-3H3,(H2,27,28,29,30,31)/t15-/m0/s1. The number of imidazole rings is 1. The molecule has 0 aliphatic carbocycles. The van der Waals surface area contributed by atoms with Crippen molar-refractivity contribution in [2.75, 3.05) is 5.32 Å². The van der Waals surface area contributed by atoms with Crippen molar-refractivity contribution < 1.29 is 4.39 Å². The van der Waals surface area contributed by atoms with Crippen molar-refractivity contribution in [3.8, 4) is 5.69 Å². The minimum atomic E-state index is -0.666. The van der Waals surface area contributed by atoms with Gasteiger partial charge in [-0.2, -0.15) is 0 Å². The summed E-state index contributed by atoms with van der Waals surface area (Å²) in [7, 11) is 0. The normalized spacial score (nSPS) is 12.4. The Morgan fingerprint density at radius 1 is 1.18 bits per heavy atom. The van der Waals surface area contributed by atoms with Crippen molar-refractivity contribution >= 4 is 39.5 Å². The molecule has 5 aromatic rings. The quantitative estimate of drug-likeness (QED) is 0.368. The van der Waals surface area contributed by atoms with E-state index in [4.69, 9.17) is 16.6 Å². The van der Waals surface area contributed by atoms with E-state index in [2.05, 4.69) is 25.3 Å². The number of anilines is 1. The molecule has 0 unspecified atom stereocenters. The summed E-state index contributed by atoms with van der Waals surface area (Å²) in [6, 6.07) is 7.95. The highest BCUT2D eigenvalue weighted by Gasteiger charge is 2.24. The van der Waals surface area contributed by atoms with Crippen LogP contribution >= 0.6 is 11.6 Å². The minimum absolute atomic E-state index is 0.0397. The van der Waals surface area contributed by atoms with Gasteiger partial charge in [-0.1, -0.05) is 30.7 Å². The second-order valence-corrected chi connectivity index (χ2v) is 8.39. The lowest BCUT2D eigenvalue weighted by molar-refractivity contribution is 0.628. The molecule has 172 valence electrons. The molecule has 2 aromatic carbocycles. The van der Waals surface area contributed by atoms with E-state index in [0.29, 0.717) is 40.4 Å². The molecule has 0 amide bonds. The van der Waals surface area contributed by atoms with E-state index in [1.165, 1.54) is 23.0 Å². The van der Waals surface area contributed by atoms with Crippen molar-refractivity contribution in [1.29, 1.82) is 0 Å². The van der Waals surface area contributed by atoms with Gasteiger partial charge in [-0.3, -0.25) is 9.36 Å². The van der Waals surface area contributed by atoms with Crippen LogP contribution in [0.2, 0.25) is 5.02 Å². The first-order valence-corrected chi connectivity index (χ1v) is 11.2. The fourth-order valence-electron chi connectivity index (χ4n) is 4.06. The Bertz CT molecular complexity index is 1610. The number of halogens is 2. The predicted octanol–water partition coefficient (Wildman–Crippen LogP) is 5.02. The highest BCUT2D eigenvalue weighted by Crippen LogP contribution is 2.29. The molecule has 8 nitrogen and oxygen atoms in total. The highest BCUT2D eigenvalue weighted by molar-refractivity contribution is 6.35. The van der Waals surface area contributed by atoms with E-state index in [-0.39, 0.29) is 10.4 Å². The van der Waals surface area contributed by atoms with Crippen LogP contribution in [-0.2, 0) is 0 Å². The molecule has 0 saturated carbocycles. The van der Waals surface area contributed by atoms with Gasteiger partial charge >= 0.3 is 0 Å². The van der Waals surface area contributed by atoms with Crippen LogP contribution in [0.1, 0.15) is 36.3 Å². The number of nitrogens with zero attached hydrogens (tertiary/aromatic N) is 5. The molecule has 1 atom stereocenters. The Labute approximate surface area is 198 Å². The lowest BCUT2D eigenvalue weighted by Gasteiger charge is -2.23. The molecule has 0 aliphatic heterocycles. The summed E-state index contributed by atoms with van der Waals surface area (Å²) < 4.78 is 15.8. The monoisotopic (exact) mass is 477 g/mol. The van der Waals surface area contributed by atoms with Crippen LogP contribution in [0.15, 0.2) is 47.8 Å². The minimum Gasteiger partial charge on any atom is -0.358 e.